The third-order valence-electron chi connectivity index (χ3n) is 4.82. The first-order valence-corrected chi connectivity index (χ1v) is 8.80. The number of esters is 2. The highest BCUT2D eigenvalue weighted by atomic mass is 16.6. The van der Waals surface area contributed by atoms with Gasteiger partial charge in [-0.1, -0.05) is 44.9 Å². The van der Waals surface area contributed by atoms with Gasteiger partial charge in [-0.15, -0.1) is 0 Å². The molecular formula is C20H28O4. The van der Waals surface area contributed by atoms with E-state index in [0.29, 0.717) is 23.3 Å². The van der Waals surface area contributed by atoms with Gasteiger partial charge in [0, 0.05) is 0 Å². The lowest BCUT2D eigenvalue weighted by Gasteiger charge is -2.36. The summed E-state index contributed by atoms with van der Waals surface area (Å²) in [7, 11) is 0. The highest BCUT2D eigenvalue weighted by Crippen LogP contribution is 2.35. The van der Waals surface area contributed by atoms with E-state index in [1.165, 1.54) is 6.42 Å². The van der Waals surface area contributed by atoms with E-state index in [1.807, 2.05) is 13.0 Å². The van der Waals surface area contributed by atoms with Crippen LogP contribution in [0.5, 0.6) is 0 Å². The highest BCUT2D eigenvalue weighted by molar-refractivity contribution is 5.90. The molecule has 0 amide bonds. The van der Waals surface area contributed by atoms with Gasteiger partial charge in [0.25, 0.3) is 0 Å². The lowest BCUT2D eigenvalue weighted by Crippen LogP contribution is -2.36. The molecule has 1 fully saturated rings. The van der Waals surface area contributed by atoms with Crippen molar-refractivity contribution in [1.29, 1.82) is 0 Å². The second kappa shape index (κ2) is 8.32. The molecule has 0 heterocycles. The lowest BCUT2D eigenvalue weighted by molar-refractivity contribution is -0.159. The van der Waals surface area contributed by atoms with Crippen LogP contribution in [0.15, 0.2) is 24.3 Å². The van der Waals surface area contributed by atoms with Gasteiger partial charge < -0.3 is 9.47 Å². The van der Waals surface area contributed by atoms with E-state index in [0.717, 1.165) is 18.4 Å². The van der Waals surface area contributed by atoms with Crippen molar-refractivity contribution in [3.8, 4) is 0 Å². The van der Waals surface area contributed by atoms with Crippen LogP contribution in [-0.2, 0) is 14.3 Å². The Balaban J connectivity index is 1.86. The van der Waals surface area contributed by atoms with Gasteiger partial charge in [0.15, 0.2) is 6.61 Å². The maximum atomic E-state index is 12.1. The molecule has 0 aromatic heterocycles. The molecule has 24 heavy (non-hydrogen) atoms. The number of ether oxygens (including phenoxy) is 2. The molecule has 1 saturated carbocycles. The molecule has 0 N–H and O–H groups in total. The quantitative estimate of drug-likeness (QED) is 0.760. The largest absolute Gasteiger partial charge is 0.460 e. The predicted molar refractivity (Wildman–Crippen MR) is 92.7 cm³/mol. The van der Waals surface area contributed by atoms with Crippen molar-refractivity contribution in [1.82, 2.24) is 0 Å². The van der Waals surface area contributed by atoms with Gasteiger partial charge in [-0.3, -0.25) is 0 Å². The van der Waals surface area contributed by atoms with Crippen LogP contribution in [0.2, 0.25) is 0 Å². The maximum absolute atomic E-state index is 12.1. The standard InChI is InChI=1S/C20H28O4/c1-13(2)17-9-8-15(4)11-18(17)24-19(21)12-23-20(22)16-7-5-6-14(3)10-16/h5-7,10,13,15,17-18H,8-9,11-12H2,1-4H3/t15-,17-,18-/m0/s1. The SMILES string of the molecule is Cc1cccc(C(=O)OCC(=O)O[C@H]2C[C@@H](C)CC[C@H]2C(C)C)c1. The van der Waals surface area contributed by atoms with Crippen molar-refractivity contribution in [2.75, 3.05) is 6.61 Å². The number of hydrogen-bond donors (Lipinski definition) is 0. The van der Waals surface area contributed by atoms with E-state index in [9.17, 15) is 9.59 Å². The normalized spacial score (nSPS) is 23.8. The number of carbonyl (C=O) groups is 2. The summed E-state index contributed by atoms with van der Waals surface area (Å²) in [5, 5.41) is 0. The van der Waals surface area contributed by atoms with E-state index >= 15 is 0 Å². The maximum Gasteiger partial charge on any atom is 0.344 e. The second-order valence-corrected chi connectivity index (χ2v) is 7.30. The number of carbonyl (C=O) groups excluding carboxylic acids is 2. The lowest BCUT2D eigenvalue weighted by atomic mass is 9.75. The van der Waals surface area contributed by atoms with Crippen LogP contribution in [0, 0.1) is 24.7 Å². The van der Waals surface area contributed by atoms with Crippen molar-refractivity contribution in [3.05, 3.63) is 35.4 Å². The first kappa shape index (κ1) is 18.5. The molecule has 2 rings (SSSR count). The Hall–Kier alpha value is -1.84. The fourth-order valence-corrected chi connectivity index (χ4v) is 3.43. The first-order valence-electron chi connectivity index (χ1n) is 8.80. The second-order valence-electron chi connectivity index (χ2n) is 7.30. The van der Waals surface area contributed by atoms with Crippen molar-refractivity contribution in [2.45, 2.75) is 53.1 Å². The van der Waals surface area contributed by atoms with Crippen molar-refractivity contribution in [2.24, 2.45) is 17.8 Å². The zero-order chi connectivity index (χ0) is 17.7. The van der Waals surface area contributed by atoms with E-state index in [1.54, 1.807) is 18.2 Å². The van der Waals surface area contributed by atoms with Gasteiger partial charge in [0.1, 0.15) is 6.10 Å². The minimum Gasteiger partial charge on any atom is -0.460 e. The Morgan fingerprint density at radius 3 is 2.67 bits per heavy atom. The summed E-state index contributed by atoms with van der Waals surface area (Å²) in [4.78, 5) is 24.1. The Morgan fingerprint density at radius 2 is 2.00 bits per heavy atom. The molecule has 0 aliphatic heterocycles. The smallest absolute Gasteiger partial charge is 0.344 e. The summed E-state index contributed by atoms with van der Waals surface area (Å²) in [6.07, 6.45) is 3.08. The number of benzene rings is 1. The summed E-state index contributed by atoms with van der Waals surface area (Å²) in [6.45, 7) is 8.09. The van der Waals surface area contributed by atoms with Gasteiger partial charge in [0.05, 0.1) is 5.56 Å². The van der Waals surface area contributed by atoms with Crippen LogP contribution in [0.1, 0.15) is 56.0 Å². The minimum absolute atomic E-state index is 0.0704. The van der Waals surface area contributed by atoms with Crippen molar-refractivity contribution >= 4 is 11.9 Å². The molecule has 0 saturated heterocycles. The molecule has 0 bridgehead atoms. The number of rotatable bonds is 5. The zero-order valence-corrected chi connectivity index (χ0v) is 15.1. The molecule has 0 radical (unpaired) electrons. The Labute approximate surface area is 144 Å². The van der Waals surface area contributed by atoms with Crippen LogP contribution in [0.4, 0.5) is 0 Å². The summed E-state index contributed by atoms with van der Waals surface area (Å²) in [5.41, 5.74) is 1.43. The molecular weight excluding hydrogens is 304 g/mol. The van der Waals surface area contributed by atoms with Gasteiger partial charge in [-0.05, 0) is 49.7 Å². The van der Waals surface area contributed by atoms with E-state index < -0.39 is 11.9 Å². The molecule has 4 nitrogen and oxygen atoms in total. The van der Waals surface area contributed by atoms with Gasteiger partial charge in [-0.25, -0.2) is 9.59 Å². The molecule has 0 spiro atoms. The third kappa shape index (κ3) is 5.08. The molecule has 1 aliphatic carbocycles. The van der Waals surface area contributed by atoms with Crippen LogP contribution in [0.25, 0.3) is 0 Å². The number of hydrogen-bond acceptors (Lipinski definition) is 4. The number of aryl methyl sites for hydroxylation is 1. The van der Waals surface area contributed by atoms with Crippen LogP contribution >= 0.6 is 0 Å². The van der Waals surface area contributed by atoms with E-state index in [2.05, 4.69) is 20.8 Å². The molecule has 1 aromatic rings. The van der Waals surface area contributed by atoms with E-state index in [4.69, 9.17) is 9.47 Å². The molecule has 0 unspecified atom stereocenters. The van der Waals surface area contributed by atoms with Crippen molar-refractivity contribution < 1.29 is 19.1 Å². The fraction of sp³-hybridized carbons (Fsp3) is 0.600. The molecule has 1 aliphatic rings. The molecule has 132 valence electrons. The highest BCUT2D eigenvalue weighted by Gasteiger charge is 2.33. The zero-order valence-electron chi connectivity index (χ0n) is 15.1. The summed E-state index contributed by atoms with van der Waals surface area (Å²) in [5.74, 6) is 0.476. The summed E-state index contributed by atoms with van der Waals surface area (Å²) in [6, 6.07) is 7.12. The fourth-order valence-electron chi connectivity index (χ4n) is 3.43. The molecule has 3 atom stereocenters. The summed E-state index contributed by atoms with van der Waals surface area (Å²) < 4.78 is 10.7. The Morgan fingerprint density at radius 1 is 1.25 bits per heavy atom. The van der Waals surface area contributed by atoms with Crippen molar-refractivity contribution in [3.63, 3.8) is 0 Å². The monoisotopic (exact) mass is 332 g/mol. The third-order valence-corrected chi connectivity index (χ3v) is 4.82. The summed E-state index contributed by atoms with van der Waals surface area (Å²) >= 11 is 0. The average molecular weight is 332 g/mol. The van der Waals surface area contributed by atoms with Gasteiger partial charge in [-0.2, -0.15) is 0 Å². The van der Waals surface area contributed by atoms with Crippen LogP contribution < -0.4 is 0 Å². The van der Waals surface area contributed by atoms with Crippen LogP contribution in [0.3, 0.4) is 0 Å². The molecule has 1 aromatic carbocycles. The van der Waals surface area contributed by atoms with Gasteiger partial charge >= 0.3 is 11.9 Å². The van der Waals surface area contributed by atoms with Gasteiger partial charge in [0.2, 0.25) is 0 Å². The predicted octanol–water partition coefficient (Wildman–Crippen LogP) is 4.16. The topological polar surface area (TPSA) is 52.6 Å². The Kier molecular flexibility index (Phi) is 6.41. The van der Waals surface area contributed by atoms with E-state index in [-0.39, 0.29) is 12.7 Å². The average Bonchev–Trinajstić information content (AvgIpc) is 2.52. The van der Waals surface area contributed by atoms with Crippen LogP contribution in [-0.4, -0.2) is 24.6 Å². The molecule has 4 heteroatoms. The minimum atomic E-state index is -0.493. The first-order chi connectivity index (χ1) is 11.4. The Bertz CT molecular complexity index is 579.